The number of amides is 1. The maximum Gasteiger partial charge on any atom is 0.252 e. The van der Waals surface area contributed by atoms with E-state index in [0.29, 0.717) is 6.54 Å². The highest BCUT2D eigenvalue weighted by Gasteiger charge is 2.59. The summed E-state index contributed by atoms with van der Waals surface area (Å²) in [7, 11) is 3.80. The summed E-state index contributed by atoms with van der Waals surface area (Å²) < 4.78 is 15.7. The van der Waals surface area contributed by atoms with Gasteiger partial charge in [-0.2, -0.15) is 0 Å². The number of anilines is 1. The SMILES string of the molecule is CNC1C[C@H]2O[C@@](C)(C1OC)N1c3c(c4c(c5c6ccccc6n2c35)C(=O)NC4)C2C=CC=CC21. The third-order valence-electron chi connectivity index (χ3n) is 9.01. The molecule has 1 aromatic heterocycles. The Balaban J connectivity index is 1.60. The van der Waals surface area contributed by atoms with Crippen LogP contribution in [0.5, 0.6) is 0 Å². The minimum Gasteiger partial charge on any atom is -0.375 e. The van der Waals surface area contributed by atoms with Gasteiger partial charge in [0.2, 0.25) is 0 Å². The Hall–Kier alpha value is -3.13. The number of nitrogens with one attached hydrogen (secondary N) is 2. The van der Waals surface area contributed by atoms with Crippen LogP contribution in [0.3, 0.4) is 0 Å². The summed E-state index contributed by atoms with van der Waals surface area (Å²) in [6.07, 6.45) is 9.24. The zero-order valence-electron chi connectivity index (χ0n) is 20.0. The van der Waals surface area contributed by atoms with E-state index >= 15 is 0 Å². The number of hydrogen-bond donors (Lipinski definition) is 2. The molecule has 7 nitrogen and oxygen atoms in total. The smallest absolute Gasteiger partial charge is 0.252 e. The number of methoxy groups -OCH3 is 1. The van der Waals surface area contributed by atoms with Crippen LogP contribution in [0.2, 0.25) is 0 Å². The van der Waals surface area contributed by atoms with E-state index in [9.17, 15) is 4.79 Å². The Morgan fingerprint density at radius 1 is 1.23 bits per heavy atom. The van der Waals surface area contributed by atoms with Gasteiger partial charge in [0.15, 0.2) is 5.72 Å². The van der Waals surface area contributed by atoms with E-state index in [1.165, 1.54) is 11.3 Å². The van der Waals surface area contributed by atoms with Gasteiger partial charge in [-0.25, -0.2) is 0 Å². The average Bonchev–Trinajstić information content (AvgIpc) is 3.51. The molecular weight excluding hydrogens is 440 g/mol. The molecule has 6 atom stereocenters. The second-order valence-electron chi connectivity index (χ2n) is 10.5. The maximum absolute atomic E-state index is 13.3. The minimum atomic E-state index is -0.702. The summed E-state index contributed by atoms with van der Waals surface area (Å²) in [5.74, 6) is 0.176. The zero-order chi connectivity index (χ0) is 23.6. The summed E-state index contributed by atoms with van der Waals surface area (Å²) in [5.41, 5.74) is 5.96. The second kappa shape index (κ2) is 6.55. The number of allylic oxidation sites excluding steroid dienone is 2. The molecule has 2 aromatic carbocycles. The molecule has 0 saturated carbocycles. The normalized spacial score (nSPS) is 33.9. The lowest BCUT2D eigenvalue weighted by Crippen LogP contribution is -2.67. The highest BCUT2D eigenvalue weighted by molar-refractivity contribution is 6.24. The van der Waals surface area contributed by atoms with Gasteiger partial charge in [-0.05, 0) is 31.2 Å². The molecular formula is C28H28N4O3. The highest BCUT2D eigenvalue weighted by atomic mass is 16.6. The number of rotatable bonds is 2. The van der Waals surface area contributed by atoms with E-state index in [-0.39, 0.29) is 36.2 Å². The lowest BCUT2D eigenvalue weighted by Gasteiger charge is -2.53. The predicted molar refractivity (Wildman–Crippen MR) is 135 cm³/mol. The Labute approximate surface area is 203 Å². The van der Waals surface area contributed by atoms with Gasteiger partial charge < -0.3 is 29.6 Å². The van der Waals surface area contributed by atoms with Gasteiger partial charge in [-0.3, -0.25) is 4.79 Å². The fourth-order valence-corrected chi connectivity index (χ4v) is 7.78. The number of benzene rings is 2. The molecule has 5 heterocycles. The van der Waals surface area contributed by atoms with Crippen LogP contribution < -0.4 is 15.5 Å². The van der Waals surface area contributed by atoms with Gasteiger partial charge in [0, 0.05) is 42.8 Å². The molecule has 0 radical (unpaired) electrons. The average molecular weight is 469 g/mol. The van der Waals surface area contributed by atoms with Crippen molar-refractivity contribution in [2.45, 2.75) is 55.9 Å². The van der Waals surface area contributed by atoms with E-state index in [1.54, 1.807) is 7.11 Å². The van der Waals surface area contributed by atoms with E-state index in [1.807, 2.05) is 7.05 Å². The molecule has 2 bridgehead atoms. The lowest BCUT2D eigenvalue weighted by molar-refractivity contribution is -0.219. The van der Waals surface area contributed by atoms with Crippen LogP contribution in [0.15, 0.2) is 48.6 Å². The van der Waals surface area contributed by atoms with Gasteiger partial charge in [0.1, 0.15) is 12.3 Å². The molecule has 0 spiro atoms. The van der Waals surface area contributed by atoms with Gasteiger partial charge >= 0.3 is 0 Å². The first-order chi connectivity index (χ1) is 17.1. The first kappa shape index (κ1) is 20.1. The first-order valence-electron chi connectivity index (χ1n) is 12.5. The second-order valence-corrected chi connectivity index (χ2v) is 10.5. The summed E-state index contributed by atoms with van der Waals surface area (Å²) in [6, 6.07) is 8.65. The van der Waals surface area contributed by atoms with Crippen LogP contribution in [0.25, 0.3) is 21.8 Å². The van der Waals surface area contributed by atoms with Crippen molar-refractivity contribution in [2.24, 2.45) is 0 Å². The molecule has 3 aromatic rings. The molecule has 178 valence electrons. The van der Waals surface area contributed by atoms with Crippen molar-refractivity contribution in [2.75, 3.05) is 19.1 Å². The molecule has 1 saturated heterocycles. The van der Waals surface area contributed by atoms with E-state index in [2.05, 4.69) is 75.6 Å². The monoisotopic (exact) mass is 468 g/mol. The van der Waals surface area contributed by atoms with Gasteiger partial charge in [-0.15, -0.1) is 0 Å². The van der Waals surface area contributed by atoms with Crippen molar-refractivity contribution in [3.05, 3.63) is 65.3 Å². The molecule has 5 aliphatic rings. The standard InChI is InChI=1S/C28H28N4O3/c1-28-26(34-3)17(29-2)12-20(35-28)31-18-10-6-4-8-14(18)22-23-16(13-30-27(23)33)21-15-9-5-7-11-19(15)32(28)25(21)24(22)31/h4-11,15,17,19-20,26,29H,12-13H2,1-3H3,(H,30,33)/t15?,17?,19?,20-,26?,28+/m1/s1. The van der Waals surface area contributed by atoms with Gasteiger partial charge in [0.05, 0.1) is 28.3 Å². The molecule has 4 unspecified atom stereocenters. The van der Waals surface area contributed by atoms with Crippen molar-refractivity contribution in [3.63, 3.8) is 0 Å². The molecule has 7 heteroatoms. The summed E-state index contributed by atoms with van der Waals surface area (Å²) in [6.45, 7) is 2.75. The van der Waals surface area contributed by atoms with Crippen molar-refractivity contribution < 1.29 is 14.3 Å². The summed E-state index contributed by atoms with van der Waals surface area (Å²) >= 11 is 0. The van der Waals surface area contributed by atoms with Crippen LogP contribution in [0, 0.1) is 0 Å². The largest absolute Gasteiger partial charge is 0.375 e. The van der Waals surface area contributed by atoms with E-state index < -0.39 is 5.72 Å². The lowest BCUT2D eigenvalue weighted by atomic mass is 9.85. The summed E-state index contributed by atoms with van der Waals surface area (Å²) in [4.78, 5) is 15.8. The van der Waals surface area contributed by atoms with Crippen LogP contribution in [0.4, 0.5) is 5.69 Å². The number of ether oxygens (including phenoxy) is 2. The Kier molecular flexibility index (Phi) is 3.76. The number of para-hydroxylation sites is 1. The Morgan fingerprint density at radius 3 is 2.89 bits per heavy atom. The van der Waals surface area contributed by atoms with Crippen LogP contribution in [0.1, 0.15) is 47.0 Å². The quantitative estimate of drug-likeness (QED) is 0.601. The number of carbonyl (C=O) groups excluding carboxylic acids is 1. The number of carbonyl (C=O) groups is 1. The molecule has 1 amide bonds. The van der Waals surface area contributed by atoms with Crippen molar-refractivity contribution in [1.29, 1.82) is 0 Å². The van der Waals surface area contributed by atoms with Crippen LogP contribution >= 0.6 is 0 Å². The molecule has 4 aliphatic heterocycles. The van der Waals surface area contributed by atoms with Crippen molar-refractivity contribution in [1.82, 2.24) is 15.2 Å². The number of likely N-dealkylation sites (N-methyl/N-ethyl adjacent to an activating group) is 1. The third-order valence-corrected chi connectivity index (χ3v) is 9.01. The van der Waals surface area contributed by atoms with Crippen molar-refractivity contribution in [3.8, 4) is 0 Å². The number of hydrogen-bond acceptors (Lipinski definition) is 5. The fourth-order valence-electron chi connectivity index (χ4n) is 7.78. The van der Waals surface area contributed by atoms with E-state index in [0.717, 1.165) is 39.4 Å². The van der Waals surface area contributed by atoms with Gasteiger partial charge in [0.25, 0.3) is 5.91 Å². The molecule has 1 aliphatic carbocycles. The maximum atomic E-state index is 13.3. The zero-order valence-corrected chi connectivity index (χ0v) is 20.0. The minimum absolute atomic E-state index is 0.0262. The Bertz CT molecular complexity index is 1520. The third kappa shape index (κ3) is 2.17. The van der Waals surface area contributed by atoms with E-state index in [4.69, 9.17) is 9.47 Å². The predicted octanol–water partition coefficient (Wildman–Crippen LogP) is 3.69. The van der Waals surface area contributed by atoms with Gasteiger partial charge in [-0.1, -0.05) is 42.5 Å². The number of aromatic nitrogens is 1. The fraction of sp³-hybridized carbons (Fsp3) is 0.393. The Morgan fingerprint density at radius 2 is 2.06 bits per heavy atom. The molecule has 35 heavy (non-hydrogen) atoms. The first-order valence-corrected chi connectivity index (χ1v) is 12.5. The number of fused-ring (bicyclic) bond motifs is 13. The molecule has 2 N–H and O–H groups in total. The molecule has 8 rings (SSSR count). The van der Waals surface area contributed by atoms with Crippen LogP contribution in [-0.2, 0) is 16.0 Å². The summed E-state index contributed by atoms with van der Waals surface area (Å²) in [5, 5.41) is 8.84. The highest BCUT2D eigenvalue weighted by Crippen LogP contribution is 2.59. The number of nitrogens with zero attached hydrogens (tertiary/aromatic N) is 2. The topological polar surface area (TPSA) is 67.8 Å². The molecule has 1 fully saturated rings. The van der Waals surface area contributed by atoms with Crippen LogP contribution in [-0.4, -0.2) is 48.5 Å². The van der Waals surface area contributed by atoms with Crippen molar-refractivity contribution >= 4 is 33.4 Å².